The van der Waals surface area contributed by atoms with Crippen LogP contribution < -0.4 is 5.32 Å². The summed E-state index contributed by atoms with van der Waals surface area (Å²) in [6.45, 7) is 11.9. The fourth-order valence-corrected chi connectivity index (χ4v) is 1.76. The van der Waals surface area contributed by atoms with E-state index >= 15 is 0 Å². The highest BCUT2D eigenvalue weighted by atomic mass is 16.6. The monoisotopic (exact) mass is 380 g/mol. The van der Waals surface area contributed by atoms with Crippen molar-refractivity contribution in [3.05, 3.63) is 52.6 Å². The summed E-state index contributed by atoms with van der Waals surface area (Å²) in [6.07, 6.45) is 3.84. The maximum Gasteiger partial charge on any atom is 0.335 e. The molecule has 8 heteroatoms. The van der Waals surface area contributed by atoms with E-state index in [-0.39, 0.29) is 23.3 Å². The number of rotatable bonds is 8. The summed E-state index contributed by atoms with van der Waals surface area (Å²) in [5.74, 6) is -1.29. The lowest BCUT2D eigenvalue weighted by molar-refractivity contribution is -0.384. The molecule has 0 heterocycles. The number of benzene rings is 1. The molecule has 0 aliphatic heterocycles. The first-order valence-corrected chi connectivity index (χ1v) is 8.52. The maximum atomic E-state index is 11.5. The Balaban J connectivity index is 0.000000511. The Morgan fingerprint density at radius 1 is 1.33 bits per heavy atom. The van der Waals surface area contributed by atoms with Crippen molar-refractivity contribution in [2.45, 2.75) is 52.2 Å². The minimum absolute atomic E-state index is 0.0422. The van der Waals surface area contributed by atoms with Gasteiger partial charge in [0.1, 0.15) is 11.6 Å². The first kappa shape index (κ1) is 24.3. The maximum absolute atomic E-state index is 11.5. The van der Waals surface area contributed by atoms with Gasteiger partial charge < -0.3 is 15.2 Å². The number of non-ortho nitro benzene ring substituents is 1. The number of carboxylic acid groups (broad SMARTS) is 1. The Morgan fingerprint density at radius 2 is 1.89 bits per heavy atom. The minimum Gasteiger partial charge on any atom is -0.478 e. The fourth-order valence-electron chi connectivity index (χ4n) is 1.76. The summed E-state index contributed by atoms with van der Waals surface area (Å²) in [7, 11) is 0. The zero-order valence-electron chi connectivity index (χ0n) is 16.2. The third-order valence-electron chi connectivity index (χ3n) is 3.12. The average molecular weight is 380 g/mol. The second-order valence-corrected chi connectivity index (χ2v) is 6.75. The molecule has 150 valence electrons. The van der Waals surface area contributed by atoms with Crippen LogP contribution in [0, 0.1) is 10.1 Å². The van der Waals surface area contributed by atoms with Crippen LogP contribution in [0.3, 0.4) is 0 Å². The number of carboxylic acids is 1. The molecule has 0 aliphatic rings. The van der Waals surface area contributed by atoms with Crippen molar-refractivity contribution in [2.75, 3.05) is 6.54 Å². The zero-order chi connectivity index (χ0) is 21.0. The fraction of sp³-hybridized carbons (Fsp3) is 0.474. The van der Waals surface area contributed by atoms with E-state index in [1.54, 1.807) is 0 Å². The predicted molar refractivity (Wildman–Crippen MR) is 103 cm³/mol. The van der Waals surface area contributed by atoms with Gasteiger partial charge in [0.25, 0.3) is 5.69 Å². The van der Waals surface area contributed by atoms with Gasteiger partial charge in [0.05, 0.1) is 10.5 Å². The number of hydrogen-bond acceptors (Lipinski definition) is 6. The molecule has 0 radical (unpaired) electrons. The lowest BCUT2D eigenvalue weighted by Crippen LogP contribution is -2.39. The van der Waals surface area contributed by atoms with Crippen molar-refractivity contribution in [2.24, 2.45) is 0 Å². The second kappa shape index (κ2) is 11.8. The number of carbonyl (C=O) groups is 2. The van der Waals surface area contributed by atoms with Crippen LogP contribution in [0.2, 0.25) is 0 Å². The van der Waals surface area contributed by atoms with Gasteiger partial charge in [-0.05, 0) is 59.2 Å². The molecule has 0 saturated carbocycles. The Morgan fingerprint density at radius 3 is 2.30 bits per heavy atom. The average Bonchev–Trinajstić information content (AvgIpc) is 2.57. The molecular weight excluding hydrogens is 352 g/mol. The van der Waals surface area contributed by atoms with Gasteiger partial charge in [0.2, 0.25) is 0 Å². The number of allylic oxidation sites excluding steroid dienone is 1. The minimum atomic E-state index is -1.09. The first-order valence-electron chi connectivity index (χ1n) is 8.52. The highest BCUT2D eigenvalue weighted by molar-refractivity contribution is 5.87. The Labute approximate surface area is 159 Å². The molecule has 0 saturated heterocycles. The van der Waals surface area contributed by atoms with Gasteiger partial charge in [0.15, 0.2) is 0 Å². The summed E-state index contributed by atoms with van der Waals surface area (Å²) in [4.78, 5) is 31.4. The van der Waals surface area contributed by atoms with Crippen LogP contribution in [0.5, 0.6) is 0 Å². The molecule has 1 rings (SSSR count). The number of ether oxygens (including phenoxy) is 1. The molecule has 1 aromatic rings. The molecule has 0 spiro atoms. The third-order valence-corrected chi connectivity index (χ3v) is 3.12. The second-order valence-electron chi connectivity index (χ2n) is 6.75. The van der Waals surface area contributed by atoms with Crippen LogP contribution in [0.1, 0.15) is 50.9 Å². The van der Waals surface area contributed by atoms with E-state index in [0.717, 1.165) is 31.5 Å². The van der Waals surface area contributed by atoms with Gasteiger partial charge in [-0.25, -0.2) is 4.79 Å². The van der Waals surface area contributed by atoms with Gasteiger partial charge in [-0.1, -0.05) is 6.08 Å². The molecule has 27 heavy (non-hydrogen) atoms. The smallest absolute Gasteiger partial charge is 0.335 e. The standard InChI is InChI=1S/C12H23NO2.C7H5NO4/c1-6-7-8-9-13-10(2)11(14)15-12(3,4)5;9-7(10)5-1-3-6(4-2-5)8(11)12/h6,10,13H,1,7-9H2,2-5H3;1-4H,(H,9,10). The van der Waals surface area contributed by atoms with Crippen LogP contribution in [0.15, 0.2) is 36.9 Å². The lowest BCUT2D eigenvalue weighted by atomic mass is 10.2. The molecule has 1 aromatic carbocycles. The number of aromatic carboxylic acids is 1. The van der Waals surface area contributed by atoms with Crippen LogP contribution in [0.4, 0.5) is 5.69 Å². The molecule has 1 atom stereocenters. The van der Waals surface area contributed by atoms with Crippen molar-refractivity contribution < 1.29 is 24.4 Å². The van der Waals surface area contributed by atoms with Gasteiger partial charge >= 0.3 is 11.9 Å². The van der Waals surface area contributed by atoms with E-state index in [2.05, 4.69) is 11.9 Å². The van der Waals surface area contributed by atoms with E-state index in [1.807, 2.05) is 33.8 Å². The topological polar surface area (TPSA) is 119 Å². The highest BCUT2D eigenvalue weighted by Gasteiger charge is 2.20. The van der Waals surface area contributed by atoms with Gasteiger partial charge in [-0.3, -0.25) is 14.9 Å². The van der Waals surface area contributed by atoms with Crippen molar-refractivity contribution >= 4 is 17.6 Å². The Kier molecular flexibility index (Phi) is 10.6. The SMILES string of the molecule is C=CCCCNC(C)C(=O)OC(C)(C)C.O=C(O)c1ccc([N+](=O)[O-])cc1. The van der Waals surface area contributed by atoms with Crippen LogP contribution >= 0.6 is 0 Å². The number of nitrogens with one attached hydrogen (secondary N) is 1. The predicted octanol–water partition coefficient (Wildman–Crippen LogP) is 3.57. The number of nitro benzene ring substituents is 1. The van der Waals surface area contributed by atoms with Gasteiger partial charge in [0, 0.05) is 12.1 Å². The van der Waals surface area contributed by atoms with Crippen molar-refractivity contribution in [3.8, 4) is 0 Å². The number of hydrogen-bond donors (Lipinski definition) is 2. The van der Waals surface area contributed by atoms with Crippen molar-refractivity contribution in [1.29, 1.82) is 0 Å². The molecular formula is C19H28N2O6. The van der Waals surface area contributed by atoms with E-state index in [9.17, 15) is 19.7 Å². The molecule has 0 amide bonds. The van der Waals surface area contributed by atoms with E-state index < -0.39 is 16.5 Å². The number of unbranched alkanes of at least 4 members (excludes halogenated alkanes) is 1. The molecule has 2 N–H and O–H groups in total. The third kappa shape index (κ3) is 11.5. The summed E-state index contributed by atoms with van der Waals surface area (Å²) in [6, 6.07) is 4.46. The van der Waals surface area contributed by atoms with E-state index in [0.29, 0.717) is 0 Å². The zero-order valence-corrected chi connectivity index (χ0v) is 16.2. The van der Waals surface area contributed by atoms with Crippen molar-refractivity contribution in [3.63, 3.8) is 0 Å². The van der Waals surface area contributed by atoms with Gasteiger partial charge in [-0.2, -0.15) is 0 Å². The molecule has 0 bridgehead atoms. The summed E-state index contributed by atoms with van der Waals surface area (Å²) in [5.41, 5.74) is -0.477. The normalized spacial score (nSPS) is 11.6. The number of carbonyl (C=O) groups excluding carboxylic acids is 1. The summed E-state index contributed by atoms with van der Waals surface area (Å²) in [5, 5.41) is 21.7. The number of nitro groups is 1. The largest absolute Gasteiger partial charge is 0.478 e. The van der Waals surface area contributed by atoms with Crippen molar-refractivity contribution in [1.82, 2.24) is 5.32 Å². The van der Waals surface area contributed by atoms with E-state index in [4.69, 9.17) is 9.84 Å². The first-order chi connectivity index (χ1) is 12.5. The summed E-state index contributed by atoms with van der Waals surface area (Å²) < 4.78 is 5.23. The van der Waals surface area contributed by atoms with Crippen LogP contribution in [0.25, 0.3) is 0 Å². The summed E-state index contributed by atoms with van der Waals surface area (Å²) >= 11 is 0. The van der Waals surface area contributed by atoms with E-state index in [1.165, 1.54) is 12.1 Å². The lowest BCUT2D eigenvalue weighted by Gasteiger charge is -2.22. The number of nitrogens with zero attached hydrogens (tertiary/aromatic N) is 1. The van der Waals surface area contributed by atoms with Crippen LogP contribution in [-0.4, -0.2) is 40.2 Å². The Hall–Kier alpha value is -2.74. The molecule has 0 fully saturated rings. The molecule has 0 aromatic heterocycles. The highest BCUT2D eigenvalue weighted by Crippen LogP contribution is 2.11. The quantitative estimate of drug-likeness (QED) is 0.233. The Bertz CT molecular complexity index is 602. The molecule has 1 unspecified atom stereocenters. The number of esters is 1. The van der Waals surface area contributed by atoms with Gasteiger partial charge in [-0.15, -0.1) is 6.58 Å². The van der Waals surface area contributed by atoms with Crippen LogP contribution in [-0.2, 0) is 9.53 Å². The molecule has 0 aliphatic carbocycles. The molecule has 8 nitrogen and oxygen atoms in total.